The van der Waals surface area contributed by atoms with Crippen molar-refractivity contribution < 1.29 is 4.55 Å². The number of hydrogen-bond donors (Lipinski definition) is 0. The number of hydrogen-bond acceptors (Lipinski definition) is 5. The zero-order valence-electron chi connectivity index (χ0n) is 10.8. The summed E-state index contributed by atoms with van der Waals surface area (Å²) in [5, 5.41) is 13.0. The van der Waals surface area contributed by atoms with Crippen molar-refractivity contribution in [2.24, 2.45) is 11.4 Å². The van der Waals surface area contributed by atoms with Crippen LogP contribution in [0.4, 0.5) is 0 Å². The smallest absolute Gasteiger partial charge is 0.180 e. The number of rotatable bonds is 2. The highest BCUT2D eigenvalue weighted by molar-refractivity contribution is 7.91. The summed E-state index contributed by atoms with van der Waals surface area (Å²) in [6.07, 6.45) is 3.20. The molecule has 0 saturated heterocycles. The minimum atomic E-state index is -1.29. The molecule has 2 rings (SSSR count). The van der Waals surface area contributed by atoms with Gasteiger partial charge < -0.3 is 4.55 Å². The van der Waals surface area contributed by atoms with Gasteiger partial charge in [-0.25, -0.2) is 4.68 Å². The van der Waals surface area contributed by atoms with Crippen molar-refractivity contribution in [1.82, 2.24) is 20.0 Å². The summed E-state index contributed by atoms with van der Waals surface area (Å²) in [7, 11) is 1.80. The maximum Gasteiger partial charge on any atom is 0.180 e. The van der Waals surface area contributed by atoms with Crippen LogP contribution in [0.3, 0.4) is 0 Å². The lowest BCUT2D eigenvalue weighted by atomic mass is 10.3. The van der Waals surface area contributed by atoms with Crippen LogP contribution in [0.5, 0.6) is 0 Å². The van der Waals surface area contributed by atoms with E-state index in [2.05, 4.69) is 19.7 Å². The van der Waals surface area contributed by atoms with Crippen LogP contribution in [0.25, 0.3) is 11.0 Å². The first-order valence-electron chi connectivity index (χ1n) is 5.49. The molecule has 0 amide bonds. The van der Waals surface area contributed by atoms with Gasteiger partial charge >= 0.3 is 0 Å². The van der Waals surface area contributed by atoms with E-state index in [1.165, 1.54) is 6.21 Å². The fraction of sp³-hybridized carbons (Fsp3) is 0.455. The molecule has 0 fully saturated rings. The maximum absolute atomic E-state index is 11.8. The molecule has 0 aromatic carbocycles. The molecule has 0 aliphatic carbocycles. The quantitative estimate of drug-likeness (QED) is 0.604. The molecule has 1 unspecified atom stereocenters. The Balaban J connectivity index is 2.25. The number of nitrogens with zero attached hydrogens (tertiary/aromatic N) is 5. The van der Waals surface area contributed by atoms with Gasteiger partial charge in [0, 0.05) is 12.4 Å². The summed E-state index contributed by atoms with van der Waals surface area (Å²) in [6, 6.07) is 1.82. The molecule has 2 heterocycles. The van der Waals surface area contributed by atoms with E-state index in [-0.39, 0.29) is 4.75 Å². The van der Waals surface area contributed by atoms with Crippen molar-refractivity contribution in [3.05, 3.63) is 18.0 Å². The van der Waals surface area contributed by atoms with E-state index >= 15 is 0 Å². The summed E-state index contributed by atoms with van der Waals surface area (Å²) >= 11 is -1.29. The zero-order chi connectivity index (χ0) is 13.3. The van der Waals surface area contributed by atoms with E-state index in [1.54, 1.807) is 17.9 Å². The first-order valence-corrected chi connectivity index (χ1v) is 6.60. The van der Waals surface area contributed by atoms with Gasteiger partial charge in [-0.15, -0.1) is 10.2 Å². The van der Waals surface area contributed by atoms with Crippen molar-refractivity contribution >= 4 is 28.6 Å². The van der Waals surface area contributed by atoms with Crippen molar-refractivity contribution in [2.75, 3.05) is 0 Å². The van der Waals surface area contributed by atoms with E-state index in [0.717, 1.165) is 5.39 Å². The summed E-state index contributed by atoms with van der Waals surface area (Å²) in [5.74, 6) is 0. The summed E-state index contributed by atoms with van der Waals surface area (Å²) in [6.45, 7) is 5.61. The molecule has 1 atom stereocenters. The van der Waals surface area contributed by atoms with Crippen LogP contribution in [-0.4, -0.2) is 35.5 Å². The molecule has 6 nitrogen and oxygen atoms in total. The molecule has 96 valence electrons. The average Bonchev–Trinajstić information content (AvgIpc) is 2.66. The number of aromatic nitrogens is 4. The minimum Gasteiger partial charge on any atom is -0.591 e. The molecule has 18 heavy (non-hydrogen) atoms. The molecule has 2 aromatic rings. The fourth-order valence-electron chi connectivity index (χ4n) is 1.29. The largest absolute Gasteiger partial charge is 0.591 e. The van der Waals surface area contributed by atoms with Gasteiger partial charge in [0.15, 0.2) is 5.65 Å². The highest BCUT2D eigenvalue weighted by atomic mass is 32.2. The lowest BCUT2D eigenvalue weighted by Crippen LogP contribution is -2.25. The van der Waals surface area contributed by atoms with Gasteiger partial charge in [0.05, 0.1) is 6.20 Å². The van der Waals surface area contributed by atoms with Gasteiger partial charge in [-0.2, -0.15) is 5.10 Å². The number of fused-ring (bicyclic) bond motifs is 1. The molecular formula is C11H15N5OS. The zero-order valence-corrected chi connectivity index (χ0v) is 11.6. The first-order chi connectivity index (χ1) is 8.38. The monoisotopic (exact) mass is 265 g/mol. The first kappa shape index (κ1) is 13.0. The van der Waals surface area contributed by atoms with Crippen molar-refractivity contribution in [3.8, 4) is 0 Å². The van der Waals surface area contributed by atoms with Gasteiger partial charge in [-0.1, -0.05) is 4.40 Å². The third kappa shape index (κ3) is 2.68. The van der Waals surface area contributed by atoms with E-state index in [1.807, 2.05) is 26.8 Å². The third-order valence-corrected chi connectivity index (χ3v) is 3.65. The van der Waals surface area contributed by atoms with Crippen molar-refractivity contribution in [3.63, 3.8) is 0 Å². The van der Waals surface area contributed by atoms with Crippen LogP contribution in [0, 0.1) is 0 Å². The molecule has 0 saturated carbocycles. The fourth-order valence-corrected chi connectivity index (χ4v) is 1.81. The number of aryl methyl sites for hydroxylation is 1. The molecule has 7 heteroatoms. The maximum atomic E-state index is 11.8. The van der Waals surface area contributed by atoms with Crippen LogP contribution in [0.15, 0.2) is 16.7 Å². The Bertz CT molecular complexity index is 587. The molecule has 0 radical (unpaired) electrons. The van der Waals surface area contributed by atoms with E-state index in [9.17, 15) is 4.55 Å². The van der Waals surface area contributed by atoms with Crippen LogP contribution < -0.4 is 0 Å². The molecule has 2 aromatic heterocycles. The van der Waals surface area contributed by atoms with Gasteiger partial charge in [-0.3, -0.25) is 0 Å². The van der Waals surface area contributed by atoms with Gasteiger partial charge in [-0.05, 0) is 26.8 Å². The Morgan fingerprint density at radius 1 is 1.39 bits per heavy atom. The van der Waals surface area contributed by atoms with Crippen LogP contribution in [-0.2, 0) is 18.4 Å². The van der Waals surface area contributed by atoms with Gasteiger partial charge in [0.25, 0.3) is 0 Å². The Morgan fingerprint density at radius 2 is 2.11 bits per heavy atom. The predicted octanol–water partition coefficient (Wildman–Crippen LogP) is 1.24. The average molecular weight is 265 g/mol. The second-order valence-corrected chi connectivity index (χ2v) is 6.85. The van der Waals surface area contributed by atoms with Gasteiger partial charge in [0.1, 0.15) is 28.0 Å². The Kier molecular flexibility index (Phi) is 3.36. The summed E-state index contributed by atoms with van der Waals surface area (Å²) in [5.41, 5.74) is 1.29. The highest BCUT2D eigenvalue weighted by Crippen LogP contribution is 2.17. The predicted molar refractivity (Wildman–Crippen MR) is 71.8 cm³/mol. The van der Waals surface area contributed by atoms with Gasteiger partial charge in [0.2, 0.25) is 0 Å². The topological polar surface area (TPSA) is 79.0 Å². The summed E-state index contributed by atoms with van der Waals surface area (Å²) in [4.78, 5) is 0. The van der Waals surface area contributed by atoms with Crippen LogP contribution >= 0.6 is 0 Å². The lowest BCUT2D eigenvalue weighted by molar-refractivity contribution is 0.562. The SMILES string of the molecule is Cn1ncc2cc(C=N[S+]([O-])C(C)(C)C)nnc21. The second kappa shape index (κ2) is 4.66. The summed E-state index contributed by atoms with van der Waals surface area (Å²) < 4.78 is 17.0. The van der Waals surface area contributed by atoms with Crippen LogP contribution in [0.1, 0.15) is 26.5 Å². The molecule has 0 N–H and O–H groups in total. The molecule has 0 aliphatic heterocycles. The highest BCUT2D eigenvalue weighted by Gasteiger charge is 2.25. The van der Waals surface area contributed by atoms with Crippen molar-refractivity contribution in [2.45, 2.75) is 25.5 Å². The Labute approximate surface area is 108 Å². The Morgan fingerprint density at radius 3 is 2.78 bits per heavy atom. The second-order valence-electron chi connectivity index (χ2n) is 4.91. The Hall–Kier alpha value is -1.47. The minimum absolute atomic E-state index is 0.373. The normalized spacial score (nSPS) is 14.5. The van der Waals surface area contributed by atoms with Crippen molar-refractivity contribution in [1.29, 1.82) is 0 Å². The van der Waals surface area contributed by atoms with Crippen LogP contribution in [0.2, 0.25) is 0 Å². The molecule has 0 spiro atoms. The van der Waals surface area contributed by atoms with E-state index in [4.69, 9.17) is 0 Å². The van der Waals surface area contributed by atoms with E-state index < -0.39 is 11.4 Å². The lowest BCUT2D eigenvalue weighted by Gasteiger charge is -2.17. The molecule has 0 bridgehead atoms. The molecule has 0 aliphatic rings. The third-order valence-electron chi connectivity index (χ3n) is 2.30. The van der Waals surface area contributed by atoms with E-state index in [0.29, 0.717) is 11.3 Å². The standard InChI is InChI=1S/C11H15N5OS/c1-11(2,3)18(17)13-7-9-5-8-6-12-16(4)10(8)15-14-9/h5-7H,1-4H3. The molecular weight excluding hydrogens is 250 g/mol.